The predicted molar refractivity (Wildman–Crippen MR) is 126 cm³/mol. The molecule has 3 aromatic rings. The van der Waals surface area contributed by atoms with E-state index < -0.39 is 33.6 Å². The van der Waals surface area contributed by atoms with Crippen LogP contribution in [0.15, 0.2) is 83.3 Å². The number of rotatable bonds is 4. The zero-order chi connectivity index (χ0) is 24.5. The van der Waals surface area contributed by atoms with Crippen LogP contribution in [0.2, 0.25) is 0 Å². The molecule has 0 saturated heterocycles. The Hall–Kier alpha value is -3.78. The Bertz CT molecular complexity index is 1380. The molecule has 3 aromatic carbocycles. The molecule has 8 heteroatoms. The van der Waals surface area contributed by atoms with Crippen molar-refractivity contribution in [2.24, 2.45) is 0 Å². The van der Waals surface area contributed by atoms with Gasteiger partial charge < -0.3 is 4.74 Å². The number of fused-ring (bicyclic) bond motifs is 1. The number of halogens is 1. The van der Waals surface area contributed by atoms with Crippen molar-refractivity contribution in [1.82, 2.24) is 0 Å². The van der Waals surface area contributed by atoms with Crippen LogP contribution in [0.25, 0.3) is 6.08 Å². The second-order valence-electron chi connectivity index (χ2n) is 7.95. The third-order valence-corrected chi connectivity index (χ3v) is 7.41. The Kier molecular flexibility index (Phi) is 6.34. The lowest BCUT2D eigenvalue weighted by Gasteiger charge is -2.30. The SMILES string of the molecule is COC(=O)/C1=C/c2ccccc2N(S(=O)(=O)c2ccc(C)cc2)C(=O)C(c2ccc(F)cc2)C1. The van der Waals surface area contributed by atoms with Gasteiger partial charge in [0.2, 0.25) is 5.91 Å². The van der Waals surface area contributed by atoms with Crippen LogP contribution in [0.1, 0.15) is 29.0 Å². The molecule has 0 fully saturated rings. The van der Waals surface area contributed by atoms with Crippen LogP contribution in [0.4, 0.5) is 10.1 Å². The van der Waals surface area contributed by atoms with E-state index >= 15 is 0 Å². The molecule has 1 unspecified atom stereocenters. The molecule has 0 aliphatic carbocycles. The highest BCUT2D eigenvalue weighted by atomic mass is 32.2. The number of nitrogens with zero attached hydrogens (tertiary/aromatic N) is 1. The van der Waals surface area contributed by atoms with Gasteiger partial charge in [-0.15, -0.1) is 0 Å². The first-order chi connectivity index (χ1) is 16.2. The number of aryl methyl sites for hydroxylation is 1. The van der Waals surface area contributed by atoms with E-state index in [4.69, 9.17) is 4.74 Å². The Morgan fingerprint density at radius 3 is 2.29 bits per heavy atom. The molecule has 0 spiro atoms. The van der Waals surface area contributed by atoms with Gasteiger partial charge in [-0.25, -0.2) is 21.9 Å². The third kappa shape index (κ3) is 4.36. The smallest absolute Gasteiger partial charge is 0.333 e. The van der Waals surface area contributed by atoms with Gasteiger partial charge in [0.15, 0.2) is 0 Å². The number of hydrogen-bond donors (Lipinski definition) is 0. The van der Waals surface area contributed by atoms with Crippen molar-refractivity contribution < 1.29 is 27.1 Å². The molecule has 1 atom stereocenters. The fourth-order valence-corrected chi connectivity index (χ4v) is 5.38. The zero-order valence-corrected chi connectivity index (χ0v) is 19.4. The molecule has 6 nitrogen and oxygen atoms in total. The minimum Gasteiger partial charge on any atom is -0.466 e. The average Bonchev–Trinajstić information content (AvgIpc) is 2.82. The molecule has 0 radical (unpaired) electrons. The molecule has 1 heterocycles. The van der Waals surface area contributed by atoms with Crippen molar-refractivity contribution in [2.45, 2.75) is 24.2 Å². The van der Waals surface area contributed by atoms with Gasteiger partial charge in [0.05, 0.1) is 23.6 Å². The minimum absolute atomic E-state index is 0.0446. The lowest BCUT2D eigenvalue weighted by Crippen LogP contribution is -2.41. The van der Waals surface area contributed by atoms with E-state index in [9.17, 15) is 22.4 Å². The highest BCUT2D eigenvalue weighted by Crippen LogP contribution is 2.38. The van der Waals surface area contributed by atoms with Crippen molar-refractivity contribution >= 4 is 33.7 Å². The number of anilines is 1. The van der Waals surface area contributed by atoms with Gasteiger partial charge in [-0.3, -0.25) is 4.79 Å². The molecule has 174 valence electrons. The average molecular weight is 480 g/mol. The minimum atomic E-state index is -4.31. The van der Waals surface area contributed by atoms with Crippen molar-refractivity contribution in [3.63, 3.8) is 0 Å². The Balaban J connectivity index is 1.97. The van der Waals surface area contributed by atoms with Gasteiger partial charge >= 0.3 is 5.97 Å². The first kappa shape index (κ1) is 23.4. The highest BCUT2D eigenvalue weighted by Gasteiger charge is 2.39. The number of benzene rings is 3. The standard InChI is InChI=1S/C26H22FNO5S/c1-17-7-13-22(14-8-17)34(31,32)28-24-6-4-3-5-19(24)15-20(26(30)33-2)16-23(25(28)29)18-9-11-21(27)12-10-18/h3-15,23H,16H2,1-2H3/b20-15+. The van der Waals surface area contributed by atoms with Gasteiger partial charge in [-0.2, -0.15) is 0 Å². The second-order valence-corrected chi connectivity index (χ2v) is 9.74. The van der Waals surface area contributed by atoms with Crippen molar-refractivity contribution in [1.29, 1.82) is 0 Å². The number of esters is 1. The largest absolute Gasteiger partial charge is 0.466 e. The summed E-state index contributed by atoms with van der Waals surface area (Å²) in [5, 5.41) is 0. The quantitative estimate of drug-likeness (QED) is 0.511. The molecule has 34 heavy (non-hydrogen) atoms. The number of carbonyl (C=O) groups is 2. The van der Waals surface area contributed by atoms with Crippen LogP contribution in [0.3, 0.4) is 0 Å². The highest BCUT2D eigenvalue weighted by molar-refractivity contribution is 7.93. The topological polar surface area (TPSA) is 80.8 Å². The van der Waals surface area contributed by atoms with E-state index in [1.165, 1.54) is 55.7 Å². The van der Waals surface area contributed by atoms with Crippen LogP contribution < -0.4 is 4.31 Å². The second kappa shape index (κ2) is 9.23. The molecular weight excluding hydrogens is 457 g/mol. The predicted octanol–water partition coefficient (Wildman–Crippen LogP) is 4.60. The molecule has 1 amide bonds. The number of hydrogen-bond acceptors (Lipinski definition) is 5. The Morgan fingerprint density at radius 1 is 1.00 bits per heavy atom. The maximum Gasteiger partial charge on any atom is 0.333 e. The molecular formula is C26H22FNO5S. The van der Waals surface area contributed by atoms with E-state index in [0.29, 0.717) is 11.1 Å². The summed E-state index contributed by atoms with van der Waals surface area (Å²) >= 11 is 0. The van der Waals surface area contributed by atoms with Gasteiger partial charge in [-0.05, 0) is 60.9 Å². The number of methoxy groups -OCH3 is 1. The summed E-state index contributed by atoms with van der Waals surface area (Å²) in [5.41, 5.74) is 1.94. The number of sulfonamides is 1. The van der Waals surface area contributed by atoms with Crippen LogP contribution in [0, 0.1) is 12.7 Å². The first-order valence-electron chi connectivity index (χ1n) is 10.5. The summed E-state index contributed by atoms with van der Waals surface area (Å²) in [6.45, 7) is 1.83. The zero-order valence-electron chi connectivity index (χ0n) is 18.6. The van der Waals surface area contributed by atoms with E-state index in [-0.39, 0.29) is 22.6 Å². The van der Waals surface area contributed by atoms with Crippen molar-refractivity contribution in [3.8, 4) is 0 Å². The van der Waals surface area contributed by atoms with Gasteiger partial charge in [0.25, 0.3) is 10.0 Å². The number of para-hydroxylation sites is 1. The summed E-state index contributed by atoms with van der Waals surface area (Å²) in [7, 11) is -3.08. The summed E-state index contributed by atoms with van der Waals surface area (Å²) in [6.07, 6.45) is 1.41. The van der Waals surface area contributed by atoms with E-state index in [1.54, 1.807) is 30.3 Å². The summed E-state index contributed by atoms with van der Waals surface area (Å²) < 4.78 is 46.8. The maximum atomic E-state index is 14.0. The van der Waals surface area contributed by atoms with E-state index in [0.717, 1.165) is 9.87 Å². The normalized spacial score (nSPS) is 17.7. The fourth-order valence-electron chi connectivity index (χ4n) is 3.90. The Morgan fingerprint density at radius 2 is 1.65 bits per heavy atom. The summed E-state index contributed by atoms with van der Waals surface area (Å²) in [5.74, 6) is -2.96. The van der Waals surface area contributed by atoms with Crippen LogP contribution in [-0.4, -0.2) is 27.4 Å². The van der Waals surface area contributed by atoms with Gasteiger partial charge in [0, 0.05) is 5.57 Å². The van der Waals surface area contributed by atoms with Crippen LogP contribution in [-0.2, 0) is 24.3 Å². The molecule has 4 rings (SSSR count). The van der Waals surface area contributed by atoms with Gasteiger partial charge in [0.1, 0.15) is 5.82 Å². The lowest BCUT2D eigenvalue weighted by atomic mass is 9.88. The summed E-state index contributed by atoms with van der Waals surface area (Å²) in [6, 6.07) is 17.8. The summed E-state index contributed by atoms with van der Waals surface area (Å²) in [4.78, 5) is 26.4. The maximum absolute atomic E-state index is 14.0. The third-order valence-electron chi connectivity index (χ3n) is 5.69. The van der Waals surface area contributed by atoms with Crippen LogP contribution >= 0.6 is 0 Å². The van der Waals surface area contributed by atoms with E-state index in [1.807, 2.05) is 6.92 Å². The number of amides is 1. The lowest BCUT2D eigenvalue weighted by molar-refractivity contribution is -0.136. The number of ether oxygens (including phenoxy) is 1. The first-order valence-corrected chi connectivity index (χ1v) is 12.0. The van der Waals surface area contributed by atoms with E-state index in [2.05, 4.69) is 0 Å². The Labute approximate surface area is 197 Å². The van der Waals surface area contributed by atoms with Crippen molar-refractivity contribution in [3.05, 3.63) is 101 Å². The molecule has 0 aromatic heterocycles. The molecule has 1 aliphatic heterocycles. The number of carbonyl (C=O) groups excluding carboxylic acids is 2. The molecule has 0 bridgehead atoms. The van der Waals surface area contributed by atoms with Gasteiger partial charge in [-0.1, -0.05) is 48.0 Å². The molecule has 1 aliphatic rings. The van der Waals surface area contributed by atoms with Crippen LogP contribution in [0.5, 0.6) is 0 Å². The monoisotopic (exact) mass is 479 g/mol. The fraction of sp³-hybridized carbons (Fsp3) is 0.154. The van der Waals surface area contributed by atoms with Crippen molar-refractivity contribution in [2.75, 3.05) is 11.4 Å². The molecule has 0 saturated carbocycles. The molecule has 0 N–H and O–H groups in total.